The summed E-state index contributed by atoms with van der Waals surface area (Å²) in [6.07, 6.45) is -3.25. The molecule has 0 saturated carbocycles. The third-order valence-corrected chi connectivity index (χ3v) is 1.55. The minimum atomic E-state index is -2.39. The predicted molar refractivity (Wildman–Crippen MR) is 28.4 cm³/mol. The molecular formula is C5H9F2NO. The van der Waals surface area contributed by atoms with Gasteiger partial charge in [-0.15, -0.1) is 0 Å². The fourth-order valence-electron chi connectivity index (χ4n) is 0.942. The molecule has 2 N–H and O–H groups in total. The first-order valence-electron chi connectivity index (χ1n) is 2.88. The van der Waals surface area contributed by atoms with Gasteiger partial charge in [-0.25, -0.2) is 8.78 Å². The van der Waals surface area contributed by atoms with E-state index in [4.69, 9.17) is 5.11 Å². The third kappa shape index (κ3) is 1.37. The molecule has 0 aromatic rings. The first-order chi connectivity index (χ1) is 4.22. The van der Waals surface area contributed by atoms with Gasteiger partial charge >= 0.3 is 0 Å². The first-order valence-corrected chi connectivity index (χ1v) is 2.88. The number of alkyl halides is 2. The van der Waals surface area contributed by atoms with Gasteiger partial charge in [0.05, 0.1) is 12.0 Å². The van der Waals surface area contributed by atoms with Crippen LogP contribution in [0.25, 0.3) is 0 Å². The van der Waals surface area contributed by atoms with E-state index in [1.165, 1.54) is 0 Å². The van der Waals surface area contributed by atoms with E-state index in [-0.39, 0.29) is 6.54 Å². The molecule has 0 aromatic carbocycles. The monoisotopic (exact) mass is 137 g/mol. The van der Waals surface area contributed by atoms with E-state index in [0.717, 1.165) is 0 Å². The smallest absolute Gasteiger partial charge is 0.245 e. The van der Waals surface area contributed by atoms with E-state index in [2.05, 4.69) is 5.32 Å². The van der Waals surface area contributed by atoms with Crippen molar-refractivity contribution in [2.75, 3.05) is 13.1 Å². The van der Waals surface area contributed by atoms with Crippen LogP contribution >= 0.6 is 0 Å². The van der Waals surface area contributed by atoms with Gasteiger partial charge in [-0.1, -0.05) is 0 Å². The zero-order valence-electron chi connectivity index (χ0n) is 4.85. The van der Waals surface area contributed by atoms with E-state index in [1.807, 2.05) is 0 Å². The molecule has 1 aliphatic rings. The molecule has 0 aliphatic carbocycles. The minimum Gasteiger partial charge on any atom is -0.391 e. The van der Waals surface area contributed by atoms with Crippen LogP contribution in [0.15, 0.2) is 0 Å². The van der Waals surface area contributed by atoms with Gasteiger partial charge < -0.3 is 10.4 Å². The van der Waals surface area contributed by atoms with Crippen molar-refractivity contribution in [3.8, 4) is 0 Å². The van der Waals surface area contributed by atoms with Crippen molar-refractivity contribution in [1.29, 1.82) is 0 Å². The zero-order chi connectivity index (χ0) is 6.85. The largest absolute Gasteiger partial charge is 0.391 e. The van der Waals surface area contributed by atoms with E-state index in [1.54, 1.807) is 0 Å². The Bertz CT molecular complexity index is 99.0. The van der Waals surface area contributed by atoms with E-state index in [9.17, 15) is 8.78 Å². The SMILES string of the molecule is O[C@@H]1CNC[C@H]1C(F)F. The Morgan fingerprint density at radius 3 is 2.33 bits per heavy atom. The van der Waals surface area contributed by atoms with Crippen LogP contribution in [-0.2, 0) is 0 Å². The third-order valence-electron chi connectivity index (χ3n) is 1.55. The van der Waals surface area contributed by atoms with Crippen LogP contribution in [-0.4, -0.2) is 30.7 Å². The van der Waals surface area contributed by atoms with Gasteiger partial charge in [0, 0.05) is 13.1 Å². The van der Waals surface area contributed by atoms with Crippen molar-refractivity contribution >= 4 is 0 Å². The normalized spacial score (nSPS) is 36.0. The van der Waals surface area contributed by atoms with Gasteiger partial charge in [0.15, 0.2) is 0 Å². The minimum absolute atomic E-state index is 0.235. The molecule has 1 aliphatic heterocycles. The van der Waals surface area contributed by atoms with Crippen LogP contribution in [0, 0.1) is 5.92 Å². The summed E-state index contributed by atoms with van der Waals surface area (Å²) in [5.41, 5.74) is 0. The van der Waals surface area contributed by atoms with Crippen LogP contribution in [0.2, 0.25) is 0 Å². The van der Waals surface area contributed by atoms with Crippen molar-refractivity contribution in [2.45, 2.75) is 12.5 Å². The maximum atomic E-state index is 11.8. The Morgan fingerprint density at radius 2 is 2.11 bits per heavy atom. The first kappa shape index (κ1) is 6.89. The predicted octanol–water partition coefficient (Wildman–Crippen LogP) is -0.168. The second kappa shape index (κ2) is 2.58. The van der Waals surface area contributed by atoms with E-state index >= 15 is 0 Å². The molecule has 1 heterocycles. The van der Waals surface area contributed by atoms with Gasteiger partial charge in [-0.3, -0.25) is 0 Å². The average molecular weight is 137 g/mol. The van der Waals surface area contributed by atoms with Gasteiger partial charge in [-0.05, 0) is 0 Å². The Hall–Kier alpha value is -0.220. The Morgan fingerprint density at radius 1 is 1.44 bits per heavy atom. The van der Waals surface area contributed by atoms with Crippen molar-refractivity contribution < 1.29 is 13.9 Å². The number of aliphatic hydroxyl groups is 1. The summed E-state index contributed by atoms with van der Waals surface area (Å²) in [5, 5.41) is 11.5. The molecule has 0 spiro atoms. The number of aliphatic hydroxyl groups excluding tert-OH is 1. The quantitative estimate of drug-likeness (QED) is 0.526. The fourth-order valence-corrected chi connectivity index (χ4v) is 0.942. The lowest BCUT2D eigenvalue weighted by atomic mass is 10.1. The summed E-state index contributed by atoms with van der Waals surface area (Å²) >= 11 is 0. The van der Waals surface area contributed by atoms with Crippen LogP contribution in [0.3, 0.4) is 0 Å². The molecule has 4 heteroatoms. The van der Waals surface area contributed by atoms with Crippen LogP contribution in [0.1, 0.15) is 0 Å². The summed E-state index contributed by atoms with van der Waals surface area (Å²) in [5.74, 6) is -0.856. The summed E-state index contributed by atoms with van der Waals surface area (Å²) in [4.78, 5) is 0. The number of hydrogen-bond acceptors (Lipinski definition) is 2. The lowest BCUT2D eigenvalue weighted by Gasteiger charge is -2.10. The average Bonchev–Trinajstić information content (AvgIpc) is 2.13. The Kier molecular flexibility index (Phi) is 1.97. The number of hydrogen-bond donors (Lipinski definition) is 2. The molecule has 0 unspecified atom stereocenters. The highest BCUT2D eigenvalue weighted by atomic mass is 19.3. The van der Waals surface area contributed by atoms with Gasteiger partial charge in [-0.2, -0.15) is 0 Å². The summed E-state index contributed by atoms with van der Waals surface area (Å²) in [6.45, 7) is 0.536. The topological polar surface area (TPSA) is 32.3 Å². The van der Waals surface area contributed by atoms with Gasteiger partial charge in [0.1, 0.15) is 0 Å². The summed E-state index contributed by atoms with van der Waals surface area (Å²) in [6, 6.07) is 0. The van der Waals surface area contributed by atoms with Crippen molar-refractivity contribution in [3.05, 3.63) is 0 Å². The van der Waals surface area contributed by atoms with Gasteiger partial charge in [0.2, 0.25) is 6.43 Å². The van der Waals surface area contributed by atoms with Crippen LogP contribution < -0.4 is 5.32 Å². The number of β-amino-alcohol motifs (C(OH)–C–C–N with tert-alkyl or cyclic N) is 1. The van der Waals surface area contributed by atoms with Crippen molar-refractivity contribution in [3.63, 3.8) is 0 Å². The molecule has 1 rings (SSSR count). The molecular weight excluding hydrogens is 128 g/mol. The maximum absolute atomic E-state index is 11.8. The molecule has 0 aromatic heterocycles. The van der Waals surface area contributed by atoms with Crippen LogP contribution in [0.4, 0.5) is 8.78 Å². The highest BCUT2D eigenvalue weighted by Gasteiger charge is 2.32. The molecule has 0 bridgehead atoms. The molecule has 2 nitrogen and oxygen atoms in total. The fraction of sp³-hybridized carbons (Fsp3) is 1.00. The molecule has 54 valence electrons. The molecule has 1 saturated heterocycles. The lowest BCUT2D eigenvalue weighted by molar-refractivity contribution is 0.0203. The van der Waals surface area contributed by atoms with Crippen LogP contribution in [0.5, 0.6) is 0 Å². The Labute approximate surface area is 51.9 Å². The van der Waals surface area contributed by atoms with Crippen molar-refractivity contribution in [2.24, 2.45) is 5.92 Å². The standard InChI is InChI=1S/C5H9F2NO/c6-5(7)3-1-8-2-4(3)9/h3-5,8-9H,1-2H2/t3-,4-/m1/s1. The summed E-state index contributed by atoms with van der Waals surface area (Å²) < 4.78 is 23.6. The maximum Gasteiger partial charge on any atom is 0.245 e. The van der Waals surface area contributed by atoms with E-state index < -0.39 is 18.4 Å². The molecule has 1 fully saturated rings. The van der Waals surface area contributed by atoms with E-state index in [0.29, 0.717) is 6.54 Å². The number of rotatable bonds is 1. The molecule has 0 radical (unpaired) electrons. The zero-order valence-corrected chi connectivity index (χ0v) is 4.85. The summed E-state index contributed by atoms with van der Waals surface area (Å²) in [7, 11) is 0. The Balaban J connectivity index is 2.40. The molecule has 9 heavy (non-hydrogen) atoms. The highest BCUT2D eigenvalue weighted by Crippen LogP contribution is 2.16. The molecule has 0 amide bonds. The lowest BCUT2D eigenvalue weighted by Crippen LogP contribution is -2.24. The van der Waals surface area contributed by atoms with Crippen molar-refractivity contribution in [1.82, 2.24) is 5.32 Å². The number of halogens is 2. The highest BCUT2D eigenvalue weighted by molar-refractivity contribution is 4.81. The second-order valence-corrected chi connectivity index (χ2v) is 2.22. The number of nitrogens with one attached hydrogen (secondary N) is 1. The molecule has 2 atom stereocenters. The second-order valence-electron chi connectivity index (χ2n) is 2.22. The van der Waals surface area contributed by atoms with Gasteiger partial charge in [0.25, 0.3) is 0 Å².